The van der Waals surface area contributed by atoms with Gasteiger partial charge in [0.25, 0.3) is 0 Å². The Morgan fingerprint density at radius 3 is 2.30 bits per heavy atom. The molecule has 5 nitrogen and oxygen atoms in total. The molecule has 30 heavy (non-hydrogen) atoms. The third-order valence-corrected chi connectivity index (χ3v) is 5.14. The van der Waals surface area contributed by atoms with E-state index in [1.807, 2.05) is 60.4 Å². The van der Waals surface area contributed by atoms with Crippen LogP contribution in [0.5, 0.6) is 0 Å². The molecule has 3 aromatic carbocycles. The predicted octanol–water partition coefficient (Wildman–Crippen LogP) is 5.46. The number of fused-ring (bicyclic) bond motifs is 1. The lowest BCUT2D eigenvalue weighted by Gasteiger charge is -2.23. The minimum Gasteiger partial charge on any atom is -0.342 e. The third kappa shape index (κ3) is 4.87. The molecule has 0 atom stereocenters. The van der Waals surface area contributed by atoms with Gasteiger partial charge in [-0.05, 0) is 43.7 Å². The van der Waals surface area contributed by atoms with Crippen molar-refractivity contribution in [3.05, 3.63) is 95.3 Å². The Morgan fingerprint density at radius 1 is 0.933 bits per heavy atom. The van der Waals surface area contributed by atoms with Crippen molar-refractivity contribution in [3.8, 4) is 0 Å². The number of hydrogen-bond donors (Lipinski definition) is 2. The van der Waals surface area contributed by atoms with Gasteiger partial charge in [0.2, 0.25) is 0 Å². The monoisotopic (exact) mass is 398 g/mol. The number of aryl methyl sites for hydroxylation is 2. The molecule has 4 aromatic rings. The van der Waals surface area contributed by atoms with Gasteiger partial charge in [0.15, 0.2) is 0 Å². The van der Waals surface area contributed by atoms with Crippen molar-refractivity contribution in [2.45, 2.75) is 26.8 Å². The minimum atomic E-state index is -0.115. The predicted molar refractivity (Wildman–Crippen MR) is 122 cm³/mol. The topological polar surface area (TPSA) is 61.0 Å². The first-order valence-electron chi connectivity index (χ1n) is 10.2. The highest BCUT2D eigenvalue weighted by Gasteiger charge is 2.15. The van der Waals surface area contributed by atoms with E-state index in [1.54, 1.807) is 0 Å². The van der Waals surface area contributed by atoms with Crippen LogP contribution >= 0.6 is 0 Å². The minimum absolute atomic E-state index is 0.115. The molecule has 0 spiro atoms. The van der Waals surface area contributed by atoms with Gasteiger partial charge in [-0.1, -0.05) is 59.7 Å². The molecule has 152 valence electrons. The van der Waals surface area contributed by atoms with Crippen LogP contribution in [0.1, 0.15) is 22.5 Å². The summed E-state index contributed by atoms with van der Waals surface area (Å²) in [6.07, 6.45) is 0.655. The Bertz CT molecular complexity index is 1100. The molecule has 4 rings (SSSR count). The molecular formula is C25H26N4O. The van der Waals surface area contributed by atoms with Gasteiger partial charge in [0.1, 0.15) is 5.82 Å². The van der Waals surface area contributed by atoms with E-state index in [9.17, 15) is 4.79 Å². The molecule has 1 heterocycles. The lowest BCUT2D eigenvalue weighted by Crippen LogP contribution is -2.36. The molecule has 0 aliphatic heterocycles. The molecule has 0 saturated heterocycles. The summed E-state index contributed by atoms with van der Waals surface area (Å²) in [5.74, 6) is 0.883. The van der Waals surface area contributed by atoms with Gasteiger partial charge in [-0.15, -0.1) is 0 Å². The number of aromatic amines is 1. The summed E-state index contributed by atoms with van der Waals surface area (Å²) in [6.45, 7) is 5.19. The Hall–Kier alpha value is -3.60. The molecule has 2 N–H and O–H groups in total. The molecule has 0 aliphatic rings. The van der Waals surface area contributed by atoms with E-state index in [2.05, 4.69) is 46.5 Å². The summed E-state index contributed by atoms with van der Waals surface area (Å²) in [5, 5.41) is 3.02. The second-order valence-corrected chi connectivity index (χ2v) is 7.65. The van der Waals surface area contributed by atoms with Crippen LogP contribution in [0, 0.1) is 13.8 Å². The van der Waals surface area contributed by atoms with Crippen LogP contribution < -0.4 is 5.32 Å². The lowest BCUT2D eigenvalue weighted by molar-refractivity contribution is 0.209. The zero-order chi connectivity index (χ0) is 20.9. The number of carbonyl (C=O) groups excluding carboxylic acids is 1. The van der Waals surface area contributed by atoms with Crippen molar-refractivity contribution in [1.29, 1.82) is 0 Å². The maximum atomic E-state index is 13.0. The van der Waals surface area contributed by atoms with Gasteiger partial charge in [0.05, 0.1) is 11.0 Å². The second kappa shape index (κ2) is 8.82. The van der Waals surface area contributed by atoms with Crippen molar-refractivity contribution >= 4 is 22.8 Å². The molecule has 0 aliphatic carbocycles. The number of amides is 2. The smallest absolute Gasteiger partial charge is 0.322 e. The van der Waals surface area contributed by atoms with Crippen molar-refractivity contribution in [1.82, 2.24) is 14.9 Å². The quantitative estimate of drug-likeness (QED) is 0.453. The third-order valence-electron chi connectivity index (χ3n) is 5.14. The number of H-pyrrole nitrogens is 1. The van der Waals surface area contributed by atoms with Gasteiger partial charge < -0.3 is 15.2 Å². The number of anilines is 1. The molecule has 0 radical (unpaired) electrons. The molecule has 5 heteroatoms. The van der Waals surface area contributed by atoms with Crippen molar-refractivity contribution in [2.75, 3.05) is 11.9 Å². The highest BCUT2D eigenvalue weighted by atomic mass is 16.2. The molecule has 0 fully saturated rings. The first-order chi connectivity index (χ1) is 14.6. The number of rotatable bonds is 6. The van der Waals surface area contributed by atoms with Crippen molar-refractivity contribution in [2.24, 2.45) is 0 Å². The number of imidazole rings is 1. The number of para-hydroxylation sites is 2. The molecule has 0 unspecified atom stereocenters. The van der Waals surface area contributed by atoms with E-state index in [0.717, 1.165) is 33.7 Å². The second-order valence-electron chi connectivity index (χ2n) is 7.65. The van der Waals surface area contributed by atoms with Gasteiger partial charge in [0, 0.05) is 25.2 Å². The average molecular weight is 399 g/mol. The Balaban J connectivity index is 1.49. The summed E-state index contributed by atoms with van der Waals surface area (Å²) >= 11 is 0. The number of aromatic nitrogens is 2. The summed E-state index contributed by atoms with van der Waals surface area (Å²) in [5.41, 5.74) is 6.22. The highest BCUT2D eigenvalue weighted by molar-refractivity contribution is 5.89. The standard InChI is InChI=1S/C25H26N4O/c1-18-7-11-20(12-8-18)17-29(25(30)26-21-13-9-19(2)10-14-21)16-15-24-27-22-5-3-4-6-23(22)28-24/h3-14H,15-17H2,1-2H3,(H,26,30)(H,27,28). The number of benzene rings is 3. The van der Waals surface area contributed by atoms with Crippen molar-refractivity contribution < 1.29 is 4.79 Å². The molecule has 0 bridgehead atoms. The highest BCUT2D eigenvalue weighted by Crippen LogP contribution is 2.14. The number of nitrogens with one attached hydrogen (secondary N) is 2. The van der Waals surface area contributed by atoms with Gasteiger partial charge in [-0.3, -0.25) is 0 Å². The van der Waals surface area contributed by atoms with Crippen LogP contribution in [0.4, 0.5) is 10.5 Å². The largest absolute Gasteiger partial charge is 0.342 e. The zero-order valence-corrected chi connectivity index (χ0v) is 17.4. The Morgan fingerprint density at radius 2 is 1.60 bits per heavy atom. The number of hydrogen-bond acceptors (Lipinski definition) is 2. The summed E-state index contributed by atoms with van der Waals surface area (Å²) in [7, 11) is 0. The normalized spacial score (nSPS) is 10.9. The SMILES string of the molecule is Cc1ccc(CN(CCc2nc3ccccc3[nH]2)C(=O)Nc2ccc(C)cc2)cc1. The van der Waals surface area contributed by atoms with Crippen LogP contribution in [0.15, 0.2) is 72.8 Å². The zero-order valence-electron chi connectivity index (χ0n) is 17.4. The van der Waals surface area contributed by atoms with E-state index in [0.29, 0.717) is 19.5 Å². The van der Waals surface area contributed by atoms with Gasteiger partial charge >= 0.3 is 6.03 Å². The fourth-order valence-electron chi connectivity index (χ4n) is 3.37. The number of urea groups is 1. The van der Waals surface area contributed by atoms with E-state index >= 15 is 0 Å². The van der Waals surface area contributed by atoms with E-state index in [1.165, 1.54) is 5.56 Å². The fraction of sp³-hybridized carbons (Fsp3) is 0.200. The summed E-state index contributed by atoms with van der Waals surface area (Å²) < 4.78 is 0. The van der Waals surface area contributed by atoms with Crippen molar-refractivity contribution in [3.63, 3.8) is 0 Å². The number of carbonyl (C=O) groups is 1. The van der Waals surface area contributed by atoms with Crippen LogP contribution in [-0.4, -0.2) is 27.4 Å². The van der Waals surface area contributed by atoms with Crippen LogP contribution in [0.2, 0.25) is 0 Å². The van der Waals surface area contributed by atoms with Crippen LogP contribution in [0.25, 0.3) is 11.0 Å². The number of nitrogens with zero attached hydrogens (tertiary/aromatic N) is 2. The Labute approximate surface area is 176 Å². The van der Waals surface area contributed by atoms with E-state index in [4.69, 9.17) is 0 Å². The first kappa shape index (κ1) is 19.7. The molecule has 2 amide bonds. The lowest BCUT2D eigenvalue weighted by atomic mass is 10.1. The maximum Gasteiger partial charge on any atom is 0.322 e. The van der Waals surface area contributed by atoms with Gasteiger partial charge in [-0.25, -0.2) is 9.78 Å². The Kier molecular flexibility index (Phi) is 5.80. The van der Waals surface area contributed by atoms with Gasteiger partial charge in [-0.2, -0.15) is 0 Å². The molecule has 0 saturated carbocycles. The van der Waals surface area contributed by atoms with Crippen LogP contribution in [-0.2, 0) is 13.0 Å². The fourth-order valence-corrected chi connectivity index (χ4v) is 3.37. The van der Waals surface area contributed by atoms with E-state index < -0.39 is 0 Å². The molecular weight excluding hydrogens is 372 g/mol. The summed E-state index contributed by atoms with van der Waals surface area (Å²) in [6, 6.07) is 24.0. The van der Waals surface area contributed by atoms with E-state index in [-0.39, 0.29) is 6.03 Å². The maximum absolute atomic E-state index is 13.0. The average Bonchev–Trinajstić information content (AvgIpc) is 3.17. The molecule has 1 aromatic heterocycles. The summed E-state index contributed by atoms with van der Waals surface area (Å²) in [4.78, 5) is 22.9. The first-order valence-corrected chi connectivity index (χ1v) is 10.2. The van der Waals surface area contributed by atoms with Crippen LogP contribution in [0.3, 0.4) is 0 Å².